The molecule has 1 aliphatic heterocycles. The second-order valence-corrected chi connectivity index (χ2v) is 5.67. The molecule has 0 radical (unpaired) electrons. The maximum Gasteiger partial charge on any atom is 0.163 e. The summed E-state index contributed by atoms with van der Waals surface area (Å²) in [6, 6.07) is 3.34. The van der Waals surface area contributed by atoms with E-state index in [1.54, 1.807) is 13.2 Å². The molecule has 1 aromatic carbocycles. The SMILES string of the molecule is CCCC[C@@H](c1cc(OC)c(OC)cc1F)N1CCNCC1.Cl.Cl. The van der Waals surface area contributed by atoms with Gasteiger partial charge in [0.15, 0.2) is 11.5 Å². The second-order valence-electron chi connectivity index (χ2n) is 5.67. The number of rotatable bonds is 7. The van der Waals surface area contributed by atoms with Gasteiger partial charge in [-0.15, -0.1) is 24.8 Å². The number of ether oxygens (including phenoxy) is 2. The number of piperazine rings is 1. The Bertz CT molecular complexity index is 486. The van der Waals surface area contributed by atoms with Gasteiger partial charge in [-0.2, -0.15) is 0 Å². The van der Waals surface area contributed by atoms with Crippen LogP contribution in [0.25, 0.3) is 0 Å². The molecule has 1 aromatic rings. The lowest BCUT2D eigenvalue weighted by Gasteiger charge is -2.35. The first kappa shape index (κ1) is 23.2. The lowest BCUT2D eigenvalue weighted by atomic mass is 9.97. The minimum absolute atomic E-state index is 0. The van der Waals surface area contributed by atoms with Crippen LogP contribution in [0, 0.1) is 5.82 Å². The molecule has 0 aliphatic carbocycles. The highest BCUT2D eigenvalue weighted by atomic mass is 35.5. The summed E-state index contributed by atoms with van der Waals surface area (Å²) in [4.78, 5) is 2.37. The number of halogens is 3. The van der Waals surface area contributed by atoms with E-state index >= 15 is 0 Å². The van der Waals surface area contributed by atoms with E-state index in [1.165, 1.54) is 13.2 Å². The van der Waals surface area contributed by atoms with Crippen molar-refractivity contribution in [1.82, 2.24) is 10.2 Å². The zero-order valence-electron chi connectivity index (χ0n) is 14.6. The van der Waals surface area contributed by atoms with E-state index in [1.807, 2.05) is 0 Å². The van der Waals surface area contributed by atoms with Crippen LogP contribution in [0.4, 0.5) is 4.39 Å². The van der Waals surface area contributed by atoms with Gasteiger partial charge in [0.1, 0.15) is 5.82 Å². The van der Waals surface area contributed by atoms with Gasteiger partial charge in [-0.25, -0.2) is 4.39 Å². The Kier molecular flexibility index (Phi) is 11.4. The Morgan fingerprint density at radius 2 is 1.71 bits per heavy atom. The molecular formula is C17H29Cl2FN2O2. The van der Waals surface area contributed by atoms with Crippen LogP contribution in [0.15, 0.2) is 12.1 Å². The lowest BCUT2D eigenvalue weighted by molar-refractivity contribution is 0.159. The summed E-state index contributed by atoms with van der Waals surface area (Å²) in [5.41, 5.74) is 0.716. The van der Waals surface area contributed by atoms with Crippen LogP contribution >= 0.6 is 24.8 Å². The maximum atomic E-state index is 14.6. The number of nitrogens with one attached hydrogen (secondary N) is 1. The van der Waals surface area contributed by atoms with Crippen molar-refractivity contribution in [3.05, 3.63) is 23.5 Å². The van der Waals surface area contributed by atoms with E-state index < -0.39 is 0 Å². The van der Waals surface area contributed by atoms with Gasteiger partial charge in [0.25, 0.3) is 0 Å². The van der Waals surface area contributed by atoms with Crippen LogP contribution in [0.2, 0.25) is 0 Å². The van der Waals surface area contributed by atoms with E-state index in [9.17, 15) is 4.39 Å². The number of hydrogen-bond donors (Lipinski definition) is 1. The Hall–Kier alpha value is -0.750. The monoisotopic (exact) mass is 382 g/mol. The zero-order valence-corrected chi connectivity index (χ0v) is 16.3. The lowest BCUT2D eigenvalue weighted by Crippen LogP contribution is -2.45. The summed E-state index contributed by atoms with van der Waals surface area (Å²) in [5, 5.41) is 3.35. The summed E-state index contributed by atoms with van der Waals surface area (Å²) < 4.78 is 25.1. The van der Waals surface area contributed by atoms with Crippen LogP contribution < -0.4 is 14.8 Å². The molecule has 0 unspecified atom stereocenters. The van der Waals surface area contributed by atoms with Gasteiger partial charge in [0.2, 0.25) is 0 Å². The fraction of sp³-hybridized carbons (Fsp3) is 0.647. The van der Waals surface area contributed by atoms with Crippen LogP contribution in [-0.4, -0.2) is 45.3 Å². The molecule has 0 amide bonds. The van der Waals surface area contributed by atoms with Gasteiger partial charge in [-0.1, -0.05) is 19.8 Å². The maximum absolute atomic E-state index is 14.6. The molecule has 1 aliphatic rings. The fourth-order valence-corrected chi connectivity index (χ4v) is 3.05. The quantitative estimate of drug-likeness (QED) is 0.776. The van der Waals surface area contributed by atoms with Gasteiger partial charge in [-0.05, 0) is 12.5 Å². The van der Waals surface area contributed by atoms with Gasteiger partial charge < -0.3 is 14.8 Å². The first-order chi connectivity index (χ1) is 10.7. The molecule has 4 nitrogen and oxygen atoms in total. The first-order valence-electron chi connectivity index (χ1n) is 8.07. The Labute approximate surface area is 156 Å². The first-order valence-corrected chi connectivity index (χ1v) is 8.07. The molecule has 0 aromatic heterocycles. The number of methoxy groups -OCH3 is 2. The van der Waals surface area contributed by atoms with E-state index in [2.05, 4.69) is 17.1 Å². The van der Waals surface area contributed by atoms with Crippen LogP contribution in [0.3, 0.4) is 0 Å². The van der Waals surface area contributed by atoms with E-state index in [0.717, 1.165) is 45.4 Å². The molecule has 0 saturated carbocycles. The molecule has 1 atom stereocenters. The molecular weight excluding hydrogens is 354 g/mol. The van der Waals surface area contributed by atoms with E-state index in [4.69, 9.17) is 9.47 Å². The normalized spacial score (nSPS) is 15.8. The number of hydrogen-bond acceptors (Lipinski definition) is 4. The molecule has 1 fully saturated rings. The molecule has 7 heteroatoms. The minimum Gasteiger partial charge on any atom is -0.493 e. The highest BCUT2D eigenvalue weighted by Crippen LogP contribution is 2.36. The highest BCUT2D eigenvalue weighted by Gasteiger charge is 2.25. The number of unbranched alkanes of at least 4 members (excludes halogenated alkanes) is 1. The third-order valence-corrected chi connectivity index (χ3v) is 4.29. The van der Waals surface area contributed by atoms with Crippen molar-refractivity contribution in [2.45, 2.75) is 32.2 Å². The smallest absolute Gasteiger partial charge is 0.163 e. The van der Waals surface area contributed by atoms with Crippen molar-refractivity contribution in [3.63, 3.8) is 0 Å². The standard InChI is InChI=1S/C17H27FN2O2.2ClH/c1-4-5-6-15(20-9-7-19-8-10-20)13-11-16(21-2)17(22-3)12-14(13)18;;/h11-12,15,19H,4-10H2,1-3H3;2*1H/t15-;;/m0../s1. The predicted octanol–water partition coefficient (Wildman–Crippen LogP) is 3.82. The van der Waals surface area contributed by atoms with Crippen molar-refractivity contribution >= 4 is 24.8 Å². The van der Waals surface area contributed by atoms with Crippen molar-refractivity contribution in [2.24, 2.45) is 0 Å². The average molecular weight is 383 g/mol. The zero-order chi connectivity index (χ0) is 15.9. The Morgan fingerprint density at radius 1 is 1.12 bits per heavy atom. The summed E-state index contributed by atoms with van der Waals surface area (Å²) >= 11 is 0. The van der Waals surface area contributed by atoms with Crippen LogP contribution in [0.5, 0.6) is 11.5 Å². The molecule has 2 rings (SSSR count). The summed E-state index contributed by atoms with van der Waals surface area (Å²) in [7, 11) is 3.12. The van der Waals surface area contributed by atoms with Crippen molar-refractivity contribution in [1.29, 1.82) is 0 Å². The molecule has 0 spiro atoms. The van der Waals surface area contributed by atoms with Crippen molar-refractivity contribution < 1.29 is 13.9 Å². The van der Waals surface area contributed by atoms with Crippen LogP contribution in [-0.2, 0) is 0 Å². The summed E-state index contributed by atoms with van der Waals surface area (Å²) in [6.07, 6.45) is 3.16. The topological polar surface area (TPSA) is 33.7 Å². The Morgan fingerprint density at radius 3 is 2.25 bits per heavy atom. The molecule has 1 saturated heterocycles. The van der Waals surface area contributed by atoms with Crippen molar-refractivity contribution in [3.8, 4) is 11.5 Å². The van der Waals surface area contributed by atoms with Gasteiger partial charge >= 0.3 is 0 Å². The third kappa shape index (κ3) is 5.66. The fourth-order valence-electron chi connectivity index (χ4n) is 3.05. The molecule has 1 N–H and O–H groups in total. The third-order valence-electron chi connectivity index (χ3n) is 4.29. The average Bonchev–Trinajstić information content (AvgIpc) is 2.57. The highest BCUT2D eigenvalue weighted by molar-refractivity contribution is 5.85. The molecule has 0 bridgehead atoms. The molecule has 140 valence electrons. The van der Waals surface area contributed by atoms with Gasteiger partial charge in [0, 0.05) is 43.9 Å². The minimum atomic E-state index is -0.211. The number of benzene rings is 1. The summed E-state index contributed by atoms with van der Waals surface area (Å²) in [5.74, 6) is 0.825. The predicted molar refractivity (Wildman–Crippen MR) is 101 cm³/mol. The second kappa shape index (κ2) is 11.7. The van der Waals surface area contributed by atoms with Gasteiger partial charge in [0.05, 0.1) is 14.2 Å². The van der Waals surface area contributed by atoms with Crippen molar-refractivity contribution in [2.75, 3.05) is 40.4 Å². The van der Waals surface area contributed by atoms with Crippen LogP contribution in [0.1, 0.15) is 37.8 Å². The van der Waals surface area contributed by atoms with Gasteiger partial charge in [-0.3, -0.25) is 4.90 Å². The molecule has 24 heavy (non-hydrogen) atoms. The van der Waals surface area contributed by atoms with E-state index in [-0.39, 0.29) is 36.7 Å². The Balaban J connectivity index is 0.00000264. The largest absolute Gasteiger partial charge is 0.493 e. The molecule has 1 heterocycles. The number of nitrogens with zero attached hydrogens (tertiary/aromatic N) is 1. The van der Waals surface area contributed by atoms with E-state index in [0.29, 0.717) is 17.1 Å². The summed E-state index contributed by atoms with van der Waals surface area (Å²) in [6.45, 7) is 5.97.